The molecule has 0 aromatic heterocycles. The second kappa shape index (κ2) is 7.51. The van der Waals surface area contributed by atoms with Crippen molar-refractivity contribution in [2.75, 3.05) is 13.7 Å². The number of carbonyl (C=O) groups excluding carboxylic acids is 1. The largest absolute Gasteiger partial charge is 0.493 e. The Balaban J connectivity index is 1.98. The van der Waals surface area contributed by atoms with Crippen LogP contribution in [0.3, 0.4) is 0 Å². The molecule has 0 amide bonds. The highest BCUT2D eigenvalue weighted by atomic mass is 79.9. The maximum Gasteiger partial charge on any atom is 0.349 e. The van der Waals surface area contributed by atoms with Gasteiger partial charge in [0.15, 0.2) is 18.1 Å². The monoisotopic (exact) mass is 384 g/mol. The Kier molecular flexibility index (Phi) is 5.69. The van der Waals surface area contributed by atoms with Crippen LogP contribution in [0, 0.1) is 6.92 Å². The highest BCUT2D eigenvalue weighted by Gasteiger charge is 2.11. The number of rotatable bonds is 5. The third-order valence-corrected chi connectivity index (χ3v) is 3.64. The molecule has 0 heterocycles. The fourth-order valence-electron chi connectivity index (χ4n) is 1.74. The number of hydrogen-bond donors (Lipinski definition) is 0. The van der Waals surface area contributed by atoms with Crippen LogP contribution in [0.25, 0.3) is 0 Å². The molecule has 0 radical (unpaired) electrons. The number of aryl methyl sites for hydroxylation is 1. The summed E-state index contributed by atoms with van der Waals surface area (Å²) in [5.41, 5.74) is 1.04. The van der Waals surface area contributed by atoms with E-state index in [2.05, 4.69) is 15.9 Å². The van der Waals surface area contributed by atoms with Crippen molar-refractivity contribution in [1.82, 2.24) is 0 Å². The molecule has 4 nitrogen and oxygen atoms in total. The van der Waals surface area contributed by atoms with Gasteiger partial charge in [-0.3, -0.25) is 0 Å². The third kappa shape index (κ3) is 4.39. The smallest absolute Gasteiger partial charge is 0.349 e. The predicted octanol–water partition coefficient (Wildman–Crippen LogP) is 4.40. The first-order chi connectivity index (χ1) is 10.5. The van der Waals surface area contributed by atoms with Crippen LogP contribution in [0.5, 0.6) is 17.2 Å². The third-order valence-electron chi connectivity index (χ3n) is 2.78. The van der Waals surface area contributed by atoms with Gasteiger partial charge in [0.1, 0.15) is 5.75 Å². The molecular formula is C16H14BrClO4. The summed E-state index contributed by atoms with van der Waals surface area (Å²) in [5.74, 6) is 0.917. The van der Waals surface area contributed by atoms with Gasteiger partial charge in [-0.2, -0.15) is 0 Å². The van der Waals surface area contributed by atoms with Gasteiger partial charge in [-0.1, -0.05) is 17.7 Å². The van der Waals surface area contributed by atoms with Crippen molar-refractivity contribution in [3.05, 3.63) is 51.5 Å². The summed E-state index contributed by atoms with van der Waals surface area (Å²) in [4.78, 5) is 11.8. The van der Waals surface area contributed by atoms with E-state index in [9.17, 15) is 4.79 Å². The first-order valence-electron chi connectivity index (χ1n) is 6.43. The van der Waals surface area contributed by atoms with Gasteiger partial charge in [0.25, 0.3) is 0 Å². The Bertz CT molecular complexity index is 688. The van der Waals surface area contributed by atoms with Crippen LogP contribution >= 0.6 is 27.5 Å². The lowest BCUT2D eigenvalue weighted by atomic mass is 10.2. The zero-order chi connectivity index (χ0) is 16.1. The molecule has 22 heavy (non-hydrogen) atoms. The first kappa shape index (κ1) is 16.6. The Morgan fingerprint density at radius 3 is 2.55 bits per heavy atom. The van der Waals surface area contributed by atoms with E-state index in [-0.39, 0.29) is 6.61 Å². The van der Waals surface area contributed by atoms with Gasteiger partial charge in [-0.25, -0.2) is 4.79 Å². The van der Waals surface area contributed by atoms with Crippen LogP contribution in [0.1, 0.15) is 5.56 Å². The van der Waals surface area contributed by atoms with Crippen LogP contribution < -0.4 is 14.2 Å². The van der Waals surface area contributed by atoms with E-state index < -0.39 is 5.97 Å². The Morgan fingerprint density at radius 2 is 1.86 bits per heavy atom. The van der Waals surface area contributed by atoms with Crippen molar-refractivity contribution < 1.29 is 19.0 Å². The van der Waals surface area contributed by atoms with Gasteiger partial charge < -0.3 is 14.2 Å². The lowest BCUT2D eigenvalue weighted by Gasteiger charge is -2.11. The van der Waals surface area contributed by atoms with Crippen LogP contribution in [0.2, 0.25) is 5.02 Å². The summed E-state index contributed by atoms with van der Waals surface area (Å²) in [7, 11) is 1.55. The highest BCUT2D eigenvalue weighted by molar-refractivity contribution is 9.10. The van der Waals surface area contributed by atoms with Gasteiger partial charge in [-0.15, -0.1) is 0 Å². The van der Waals surface area contributed by atoms with Crippen molar-refractivity contribution in [2.45, 2.75) is 6.92 Å². The van der Waals surface area contributed by atoms with Crippen molar-refractivity contribution >= 4 is 33.5 Å². The summed E-state index contributed by atoms with van der Waals surface area (Å²) < 4.78 is 16.5. The number of benzene rings is 2. The molecule has 2 rings (SSSR count). The molecule has 0 spiro atoms. The van der Waals surface area contributed by atoms with Crippen molar-refractivity contribution in [2.24, 2.45) is 0 Å². The standard InChI is InChI=1S/C16H14BrClO4/c1-10-3-5-14(15(7-10)20-2)21-9-16(19)22-13-6-4-11(18)8-12(13)17/h3-8H,9H2,1-2H3. The number of halogens is 2. The molecule has 0 fully saturated rings. The van der Waals surface area contributed by atoms with Crippen molar-refractivity contribution in [1.29, 1.82) is 0 Å². The zero-order valence-electron chi connectivity index (χ0n) is 12.1. The molecule has 2 aromatic carbocycles. The van der Waals surface area contributed by atoms with Gasteiger partial charge in [0.05, 0.1) is 11.6 Å². The van der Waals surface area contributed by atoms with Crippen molar-refractivity contribution in [3.8, 4) is 17.2 Å². The van der Waals surface area contributed by atoms with Crippen LogP contribution in [-0.4, -0.2) is 19.7 Å². The molecule has 0 unspecified atom stereocenters. The minimum atomic E-state index is -0.523. The van der Waals surface area contributed by atoms with E-state index in [1.807, 2.05) is 19.1 Å². The average Bonchev–Trinajstić information content (AvgIpc) is 2.48. The van der Waals surface area contributed by atoms with Gasteiger partial charge in [-0.05, 0) is 58.7 Å². The number of carbonyl (C=O) groups is 1. The number of hydrogen-bond acceptors (Lipinski definition) is 4. The molecule has 2 aromatic rings. The van der Waals surface area contributed by atoms with E-state index >= 15 is 0 Å². The summed E-state index contributed by atoms with van der Waals surface area (Å²) in [5, 5.41) is 0.548. The second-order valence-electron chi connectivity index (χ2n) is 4.49. The summed E-state index contributed by atoms with van der Waals surface area (Å²) in [6.07, 6.45) is 0. The lowest BCUT2D eigenvalue weighted by Crippen LogP contribution is -2.18. The molecule has 0 bridgehead atoms. The van der Waals surface area contributed by atoms with E-state index in [0.29, 0.717) is 26.7 Å². The molecular weight excluding hydrogens is 372 g/mol. The highest BCUT2D eigenvalue weighted by Crippen LogP contribution is 2.29. The summed E-state index contributed by atoms with van der Waals surface area (Å²) in [6.45, 7) is 1.72. The Morgan fingerprint density at radius 1 is 1.14 bits per heavy atom. The zero-order valence-corrected chi connectivity index (χ0v) is 14.4. The molecule has 0 atom stereocenters. The second-order valence-corrected chi connectivity index (χ2v) is 5.78. The van der Waals surface area contributed by atoms with Crippen molar-refractivity contribution in [3.63, 3.8) is 0 Å². The van der Waals surface area contributed by atoms with Gasteiger partial charge >= 0.3 is 5.97 Å². The fourth-order valence-corrected chi connectivity index (χ4v) is 2.50. The lowest BCUT2D eigenvalue weighted by molar-refractivity contribution is -0.136. The molecule has 0 aliphatic heterocycles. The van der Waals surface area contributed by atoms with Gasteiger partial charge in [0.2, 0.25) is 0 Å². The first-order valence-corrected chi connectivity index (χ1v) is 7.60. The minimum Gasteiger partial charge on any atom is -0.493 e. The van der Waals surface area contributed by atoms with Crippen LogP contribution in [0.4, 0.5) is 0 Å². The van der Waals surface area contributed by atoms with E-state index in [4.69, 9.17) is 25.8 Å². The molecule has 0 N–H and O–H groups in total. The number of ether oxygens (including phenoxy) is 3. The van der Waals surface area contributed by atoms with Crippen LogP contribution in [0.15, 0.2) is 40.9 Å². The normalized spacial score (nSPS) is 10.2. The minimum absolute atomic E-state index is 0.228. The van der Waals surface area contributed by atoms with E-state index in [1.165, 1.54) is 0 Å². The molecule has 0 aliphatic rings. The quantitative estimate of drug-likeness (QED) is 0.565. The van der Waals surface area contributed by atoms with Gasteiger partial charge in [0, 0.05) is 5.02 Å². The van der Waals surface area contributed by atoms with E-state index in [0.717, 1.165) is 5.56 Å². The van der Waals surface area contributed by atoms with Crippen LogP contribution in [-0.2, 0) is 4.79 Å². The fraction of sp³-hybridized carbons (Fsp3) is 0.188. The maximum atomic E-state index is 11.8. The molecule has 116 valence electrons. The molecule has 0 saturated carbocycles. The summed E-state index contributed by atoms with van der Waals surface area (Å²) in [6, 6.07) is 10.3. The predicted molar refractivity (Wildman–Crippen MR) is 88.0 cm³/mol. The SMILES string of the molecule is COc1cc(C)ccc1OCC(=O)Oc1ccc(Cl)cc1Br. The summed E-state index contributed by atoms with van der Waals surface area (Å²) >= 11 is 9.11. The Hall–Kier alpha value is -1.72. The van der Waals surface area contributed by atoms with E-state index in [1.54, 1.807) is 31.4 Å². The molecule has 6 heteroatoms. The topological polar surface area (TPSA) is 44.8 Å². The number of methoxy groups -OCH3 is 1. The average molecular weight is 386 g/mol. The number of esters is 1. The molecule has 0 aliphatic carbocycles. The molecule has 0 saturated heterocycles. The maximum absolute atomic E-state index is 11.8. The Labute approximate surface area is 142 Å².